The van der Waals surface area contributed by atoms with E-state index in [1.54, 1.807) is 12.3 Å². The fraction of sp³-hybridized carbons (Fsp3) is 0.429. The Labute approximate surface area is 118 Å². The van der Waals surface area contributed by atoms with Crippen LogP contribution in [0.25, 0.3) is 5.57 Å². The summed E-state index contributed by atoms with van der Waals surface area (Å²) in [5, 5.41) is 8.93. The molecule has 0 spiro atoms. The largest absolute Gasteiger partial charge is 0.481 e. The molecule has 1 heterocycles. The number of methoxy groups -OCH3 is 2. The van der Waals surface area contributed by atoms with Crippen molar-refractivity contribution in [2.24, 2.45) is 0 Å². The molecule has 6 heteroatoms. The lowest BCUT2D eigenvalue weighted by molar-refractivity contribution is -0.131. The summed E-state index contributed by atoms with van der Waals surface area (Å²) in [6.45, 7) is 2.26. The highest BCUT2D eigenvalue weighted by Gasteiger charge is 2.14. The summed E-state index contributed by atoms with van der Waals surface area (Å²) in [5.41, 5.74) is 2.16. The highest BCUT2D eigenvalue weighted by atomic mass is 16.7. The number of aromatic nitrogens is 1. The quantitative estimate of drug-likeness (QED) is 0.446. The molecule has 1 aromatic heterocycles. The lowest BCUT2D eigenvalue weighted by Crippen LogP contribution is -2.05. The van der Waals surface area contributed by atoms with Crippen molar-refractivity contribution in [2.75, 3.05) is 21.0 Å². The zero-order valence-electron chi connectivity index (χ0n) is 11.9. The van der Waals surface area contributed by atoms with Crippen LogP contribution in [-0.4, -0.2) is 37.1 Å². The van der Waals surface area contributed by atoms with E-state index in [1.165, 1.54) is 20.3 Å². The summed E-state index contributed by atoms with van der Waals surface area (Å²) in [6.07, 6.45) is 3.35. The fourth-order valence-corrected chi connectivity index (χ4v) is 1.84. The van der Waals surface area contributed by atoms with Crippen LogP contribution in [0.5, 0.6) is 5.88 Å². The average Bonchev–Trinajstić information content (AvgIpc) is 2.45. The number of nitrogens with zero attached hydrogens (tertiary/aromatic N) is 1. The molecular formula is C14H19NO5. The van der Waals surface area contributed by atoms with E-state index in [0.29, 0.717) is 23.4 Å². The summed E-state index contributed by atoms with van der Waals surface area (Å²) in [5.74, 6) is -0.565. The van der Waals surface area contributed by atoms with Crippen LogP contribution >= 0.6 is 0 Å². The molecular weight excluding hydrogens is 262 g/mol. The van der Waals surface area contributed by atoms with Gasteiger partial charge in [-0.15, -0.1) is 0 Å². The number of allylic oxidation sites excluding steroid dienone is 1. The Kier molecular flexibility index (Phi) is 6.69. The van der Waals surface area contributed by atoms with Gasteiger partial charge in [0.15, 0.2) is 0 Å². The average molecular weight is 281 g/mol. The molecule has 1 rings (SSSR count). The van der Waals surface area contributed by atoms with Gasteiger partial charge in [-0.2, -0.15) is 0 Å². The fourth-order valence-electron chi connectivity index (χ4n) is 1.84. The third-order valence-corrected chi connectivity index (χ3v) is 2.68. The normalized spacial score (nSPS) is 11.4. The predicted molar refractivity (Wildman–Crippen MR) is 73.4 cm³/mol. The maximum atomic E-state index is 10.9. The molecule has 0 fully saturated rings. The third kappa shape index (κ3) is 4.32. The first-order valence-electron chi connectivity index (χ1n) is 6.16. The van der Waals surface area contributed by atoms with Crippen LogP contribution in [0, 0.1) is 0 Å². The second kappa shape index (κ2) is 8.29. The zero-order valence-corrected chi connectivity index (χ0v) is 11.9. The molecule has 20 heavy (non-hydrogen) atoms. The molecule has 0 aliphatic heterocycles. The maximum Gasteiger partial charge on any atom is 0.328 e. The second-order valence-electron chi connectivity index (χ2n) is 3.96. The van der Waals surface area contributed by atoms with Crippen LogP contribution < -0.4 is 4.74 Å². The lowest BCUT2D eigenvalue weighted by atomic mass is 9.99. The van der Waals surface area contributed by atoms with Crippen LogP contribution in [0.2, 0.25) is 0 Å². The smallest absolute Gasteiger partial charge is 0.328 e. The Balaban J connectivity index is 3.19. The van der Waals surface area contributed by atoms with E-state index >= 15 is 0 Å². The maximum absolute atomic E-state index is 10.9. The molecule has 0 aliphatic carbocycles. The third-order valence-electron chi connectivity index (χ3n) is 2.68. The molecule has 0 radical (unpaired) electrons. The van der Waals surface area contributed by atoms with Crippen LogP contribution in [-0.2, 0) is 20.9 Å². The molecule has 110 valence electrons. The second-order valence-corrected chi connectivity index (χ2v) is 3.96. The van der Waals surface area contributed by atoms with Crippen molar-refractivity contribution < 1.29 is 24.1 Å². The molecule has 0 saturated heterocycles. The van der Waals surface area contributed by atoms with Gasteiger partial charge in [0.2, 0.25) is 5.88 Å². The highest BCUT2D eigenvalue weighted by molar-refractivity contribution is 5.90. The van der Waals surface area contributed by atoms with Gasteiger partial charge in [-0.1, -0.05) is 6.92 Å². The highest BCUT2D eigenvalue weighted by Crippen LogP contribution is 2.28. The van der Waals surface area contributed by atoms with E-state index in [2.05, 4.69) is 4.98 Å². The number of ether oxygens (including phenoxy) is 3. The Morgan fingerprint density at radius 3 is 2.75 bits per heavy atom. The Morgan fingerprint density at radius 2 is 2.20 bits per heavy atom. The van der Waals surface area contributed by atoms with Crippen molar-refractivity contribution in [3.8, 4) is 5.88 Å². The number of pyridine rings is 1. The first-order valence-corrected chi connectivity index (χ1v) is 6.16. The van der Waals surface area contributed by atoms with Gasteiger partial charge < -0.3 is 19.3 Å². The van der Waals surface area contributed by atoms with Gasteiger partial charge in [0.05, 0.1) is 13.7 Å². The molecule has 1 aromatic rings. The van der Waals surface area contributed by atoms with Gasteiger partial charge in [-0.25, -0.2) is 9.78 Å². The molecule has 0 aliphatic rings. The van der Waals surface area contributed by atoms with Gasteiger partial charge >= 0.3 is 5.97 Å². The van der Waals surface area contributed by atoms with Gasteiger partial charge in [-0.3, -0.25) is 0 Å². The van der Waals surface area contributed by atoms with E-state index in [4.69, 9.17) is 19.3 Å². The number of rotatable bonds is 8. The first-order chi connectivity index (χ1) is 9.63. The minimum absolute atomic E-state index is 0.140. The summed E-state index contributed by atoms with van der Waals surface area (Å²) in [4.78, 5) is 15.0. The molecule has 6 nitrogen and oxygen atoms in total. The van der Waals surface area contributed by atoms with Crippen molar-refractivity contribution in [2.45, 2.75) is 20.0 Å². The Morgan fingerprint density at radius 1 is 1.45 bits per heavy atom. The van der Waals surface area contributed by atoms with E-state index in [1.807, 2.05) is 6.92 Å². The lowest BCUT2D eigenvalue weighted by Gasteiger charge is -2.14. The number of carboxylic acids is 1. The van der Waals surface area contributed by atoms with E-state index in [-0.39, 0.29) is 13.4 Å². The minimum atomic E-state index is -0.985. The molecule has 0 amide bonds. The predicted octanol–water partition coefficient (Wildman–Crippen LogP) is 2.09. The van der Waals surface area contributed by atoms with Crippen LogP contribution in [0.15, 0.2) is 18.3 Å². The van der Waals surface area contributed by atoms with Crippen molar-refractivity contribution in [1.29, 1.82) is 0 Å². The Bertz CT molecular complexity index is 484. The van der Waals surface area contributed by atoms with E-state index in [0.717, 1.165) is 5.56 Å². The van der Waals surface area contributed by atoms with Crippen molar-refractivity contribution in [3.63, 3.8) is 0 Å². The number of hydrogen-bond acceptors (Lipinski definition) is 5. The molecule has 0 bridgehead atoms. The molecule has 0 atom stereocenters. The van der Waals surface area contributed by atoms with E-state index in [9.17, 15) is 4.79 Å². The van der Waals surface area contributed by atoms with Crippen molar-refractivity contribution in [1.82, 2.24) is 4.98 Å². The van der Waals surface area contributed by atoms with Gasteiger partial charge in [0.25, 0.3) is 0 Å². The first kappa shape index (κ1) is 16.1. The summed E-state index contributed by atoms with van der Waals surface area (Å²) in [6, 6.07) is 1.76. The summed E-state index contributed by atoms with van der Waals surface area (Å²) in [7, 11) is 3.04. The molecule has 0 aromatic carbocycles. The number of carboxylic acid groups (broad SMARTS) is 1. The standard InChI is InChI=1S/C14H19NO5/c1-4-10(7-13(16)17)11-5-6-15-14(19-3)12(11)8-20-9-18-2/h5-7H,4,8-9H2,1-3H3,(H,16,17)/b10-7-. The number of hydrogen-bond donors (Lipinski definition) is 1. The number of carbonyl (C=O) groups is 1. The van der Waals surface area contributed by atoms with Gasteiger partial charge in [-0.05, 0) is 23.6 Å². The minimum Gasteiger partial charge on any atom is -0.481 e. The van der Waals surface area contributed by atoms with Crippen LogP contribution in [0.4, 0.5) is 0 Å². The summed E-state index contributed by atoms with van der Waals surface area (Å²) >= 11 is 0. The van der Waals surface area contributed by atoms with Gasteiger partial charge in [0, 0.05) is 24.9 Å². The Hall–Kier alpha value is -1.92. The molecule has 0 unspecified atom stereocenters. The van der Waals surface area contributed by atoms with Crippen LogP contribution in [0.1, 0.15) is 24.5 Å². The number of aliphatic carboxylic acids is 1. The van der Waals surface area contributed by atoms with Gasteiger partial charge in [0.1, 0.15) is 6.79 Å². The van der Waals surface area contributed by atoms with Crippen LogP contribution in [0.3, 0.4) is 0 Å². The molecule has 1 N–H and O–H groups in total. The summed E-state index contributed by atoms with van der Waals surface area (Å²) < 4.78 is 15.4. The monoisotopic (exact) mass is 281 g/mol. The SMILES string of the molecule is CC/C(=C/C(=O)O)c1ccnc(OC)c1COCOC. The van der Waals surface area contributed by atoms with E-state index < -0.39 is 5.97 Å². The van der Waals surface area contributed by atoms with Crippen molar-refractivity contribution in [3.05, 3.63) is 29.5 Å². The van der Waals surface area contributed by atoms with Crippen molar-refractivity contribution >= 4 is 11.5 Å². The molecule has 0 saturated carbocycles. The zero-order chi connectivity index (χ0) is 15.0. The topological polar surface area (TPSA) is 77.9 Å².